The lowest BCUT2D eigenvalue weighted by atomic mass is 10.0. The summed E-state index contributed by atoms with van der Waals surface area (Å²) >= 11 is 0. The highest BCUT2D eigenvalue weighted by Gasteiger charge is 2.33. The third-order valence-electron chi connectivity index (χ3n) is 6.14. The van der Waals surface area contributed by atoms with E-state index in [0.29, 0.717) is 18.0 Å². The van der Waals surface area contributed by atoms with E-state index in [1.54, 1.807) is 12.1 Å². The van der Waals surface area contributed by atoms with Gasteiger partial charge < -0.3 is 19.7 Å². The molecule has 3 aromatic carbocycles. The van der Waals surface area contributed by atoms with Crippen molar-refractivity contribution in [1.29, 1.82) is 0 Å². The number of nitrogens with one attached hydrogen (secondary N) is 1. The number of rotatable bonds is 11. The Kier molecular flexibility index (Phi) is 8.52. The molecule has 200 valence electrons. The first-order valence-corrected chi connectivity index (χ1v) is 14.1. The normalized spacial score (nSPS) is 13.0. The number of ether oxygens (including phenoxy) is 2. The van der Waals surface area contributed by atoms with Crippen molar-refractivity contribution >= 4 is 27.5 Å². The van der Waals surface area contributed by atoms with Crippen LogP contribution in [0.15, 0.2) is 78.9 Å². The van der Waals surface area contributed by atoms with Gasteiger partial charge in [-0.3, -0.25) is 13.9 Å². The van der Waals surface area contributed by atoms with Gasteiger partial charge in [-0.1, -0.05) is 60.7 Å². The molecule has 1 aliphatic heterocycles. The van der Waals surface area contributed by atoms with Crippen LogP contribution in [-0.4, -0.2) is 57.3 Å². The second kappa shape index (κ2) is 12.0. The second-order valence-corrected chi connectivity index (χ2v) is 10.8. The van der Waals surface area contributed by atoms with Crippen LogP contribution >= 0.6 is 0 Å². The Morgan fingerprint density at radius 2 is 1.55 bits per heavy atom. The van der Waals surface area contributed by atoms with Crippen LogP contribution in [0.4, 0.5) is 5.69 Å². The Hall–Kier alpha value is -4.05. The van der Waals surface area contributed by atoms with Crippen molar-refractivity contribution in [1.82, 2.24) is 10.2 Å². The van der Waals surface area contributed by atoms with Gasteiger partial charge in [0.15, 0.2) is 11.5 Å². The number of carbonyl (C=O) groups is 2. The third kappa shape index (κ3) is 6.63. The van der Waals surface area contributed by atoms with E-state index >= 15 is 0 Å². The monoisotopic (exact) mass is 537 g/mol. The number of fused-ring (bicyclic) bond motifs is 1. The molecule has 0 aromatic heterocycles. The summed E-state index contributed by atoms with van der Waals surface area (Å²) in [5.74, 6) is 0.0751. The predicted molar refractivity (Wildman–Crippen MR) is 144 cm³/mol. The highest BCUT2D eigenvalue weighted by molar-refractivity contribution is 7.92. The van der Waals surface area contributed by atoms with E-state index in [-0.39, 0.29) is 31.4 Å². The van der Waals surface area contributed by atoms with Crippen molar-refractivity contribution in [3.63, 3.8) is 0 Å². The summed E-state index contributed by atoms with van der Waals surface area (Å²) in [5, 5.41) is 2.84. The fourth-order valence-electron chi connectivity index (χ4n) is 4.28. The first-order valence-electron chi connectivity index (χ1n) is 12.3. The van der Waals surface area contributed by atoms with Crippen LogP contribution in [0, 0.1) is 0 Å². The van der Waals surface area contributed by atoms with E-state index in [1.807, 2.05) is 67.6 Å². The fourth-order valence-corrected chi connectivity index (χ4v) is 5.12. The van der Waals surface area contributed by atoms with Crippen LogP contribution in [0.2, 0.25) is 0 Å². The molecule has 1 atom stereocenters. The van der Waals surface area contributed by atoms with Crippen molar-refractivity contribution in [2.75, 3.05) is 30.4 Å². The number of benzene rings is 3. The largest absolute Gasteiger partial charge is 0.454 e. The highest BCUT2D eigenvalue weighted by atomic mass is 32.2. The van der Waals surface area contributed by atoms with Gasteiger partial charge in [0.2, 0.25) is 28.6 Å². The van der Waals surface area contributed by atoms with Crippen molar-refractivity contribution < 1.29 is 27.5 Å². The van der Waals surface area contributed by atoms with Gasteiger partial charge in [0.05, 0.1) is 11.9 Å². The third-order valence-corrected chi connectivity index (χ3v) is 7.28. The van der Waals surface area contributed by atoms with Gasteiger partial charge in [0.1, 0.15) is 12.6 Å². The summed E-state index contributed by atoms with van der Waals surface area (Å²) in [6, 6.07) is 22.6. The maximum Gasteiger partial charge on any atom is 0.244 e. The highest BCUT2D eigenvalue weighted by Crippen LogP contribution is 2.36. The minimum atomic E-state index is -3.86. The maximum atomic E-state index is 13.9. The molecular weight excluding hydrogens is 506 g/mol. The number of likely N-dealkylation sites (N-methyl/N-ethyl adjacent to an activating group) is 1. The summed E-state index contributed by atoms with van der Waals surface area (Å²) in [7, 11) is -3.86. The van der Waals surface area contributed by atoms with Crippen molar-refractivity contribution in [3.05, 3.63) is 90.0 Å². The Labute approximate surface area is 223 Å². The lowest BCUT2D eigenvalue weighted by molar-refractivity contribution is -0.140. The van der Waals surface area contributed by atoms with Crippen LogP contribution in [0.3, 0.4) is 0 Å². The quantitative estimate of drug-likeness (QED) is 0.403. The van der Waals surface area contributed by atoms with Crippen LogP contribution in [0.25, 0.3) is 0 Å². The van der Waals surface area contributed by atoms with Gasteiger partial charge in [-0.15, -0.1) is 0 Å². The van der Waals surface area contributed by atoms with Crippen molar-refractivity contribution in [3.8, 4) is 11.5 Å². The topological polar surface area (TPSA) is 105 Å². The molecule has 1 N–H and O–H groups in total. The van der Waals surface area contributed by atoms with Crippen LogP contribution < -0.4 is 19.1 Å². The molecule has 0 spiro atoms. The van der Waals surface area contributed by atoms with Gasteiger partial charge >= 0.3 is 0 Å². The van der Waals surface area contributed by atoms with E-state index in [1.165, 1.54) is 11.0 Å². The maximum absolute atomic E-state index is 13.9. The molecule has 0 radical (unpaired) electrons. The first-order chi connectivity index (χ1) is 18.3. The van der Waals surface area contributed by atoms with Crippen molar-refractivity contribution in [2.24, 2.45) is 0 Å². The summed E-state index contributed by atoms with van der Waals surface area (Å²) < 4.78 is 37.5. The van der Waals surface area contributed by atoms with Crippen LogP contribution in [0.5, 0.6) is 11.5 Å². The predicted octanol–water partition coefficient (Wildman–Crippen LogP) is 2.96. The number of carbonyl (C=O) groups excluding carboxylic acids is 2. The second-order valence-electron chi connectivity index (χ2n) is 8.91. The average Bonchev–Trinajstić information content (AvgIpc) is 3.38. The van der Waals surface area contributed by atoms with Crippen LogP contribution in [-0.2, 0) is 32.6 Å². The molecule has 0 saturated heterocycles. The van der Waals surface area contributed by atoms with E-state index in [4.69, 9.17) is 9.47 Å². The molecular formula is C28H31N3O6S. The summed E-state index contributed by atoms with van der Waals surface area (Å²) in [4.78, 5) is 28.7. The molecule has 38 heavy (non-hydrogen) atoms. The standard InChI is InChI=1S/C28H31N3O6S/c1-3-29-28(33)24(16-21-10-6-4-7-11-21)30(18-22-12-8-5-9-13-22)27(32)19-31(38(2,34)35)23-14-15-25-26(17-23)37-20-36-25/h4-15,17,24H,3,16,18-20H2,1-2H3,(H,29,33)/t24-/m0/s1. The number of amides is 2. The molecule has 10 heteroatoms. The van der Waals surface area contributed by atoms with E-state index in [0.717, 1.165) is 21.7 Å². The van der Waals surface area contributed by atoms with Gasteiger partial charge in [0, 0.05) is 25.6 Å². The van der Waals surface area contributed by atoms with E-state index < -0.39 is 28.5 Å². The van der Waals surface area contributed by atoms with Gasteiger partial charge in [0.25, 0.3) is 0 Å². The fraction of sp³-hybridized carbons (Fsp3) is 0.286. The van der Waals surface area contributed by atoms with Crippen molar-refractivity contribution in [2.45, 2.75) is 25.9 Å². The number of sulfonamides is 1. The smallest absolute Gasteiger partial charge is 0.244 e. The molecule has 4 rings (SSSR count). The molecule has 0 aliphatic carbocycles. The Bertz CT molecular complexity index is 1370. The Balaban J connectivity index is 1.70. The first kappa shape index (κ1) is 27.0. The molecule has 0 fully saturated rings. The van der Waals surface area contributed by atoms with Crippen LogP contribution in [0.1, 0.15) is 18.1 Å². The molecule has 9 nitrogen and oxygen atoms in total. The molecule has 0 bridgehead atoms. The van der Waals surface area contributed by atoms with Gasteiger partial charge in [-0.2, -0.15) is 0 Å². The number of nitrogens with zero attached hydrogens (tertiary/aromatic N) is 2. The van der Waals surface area contributed by atoms with Gasteiger partial charge in [-0.05, 0) is 30.2 Å². The zero-order valence-electron chi connectivity index (χ0n) is 21.4. The summed E-state index contributed by atoms with van der Waals surface area (Å²) in [6.45, 7) is 1.88. The number of anilines is 1. The van der Waals surface area contributed by atoms with E-state index in [2.05, 4.69) is 5.32 Å². The van der Waals surface area contributed by atoms with Gasteiger partial charge in [-0.25, -0.2) is 8.42 Å². The summed E-state index contributed by atoms with van der Waals surface area (Å²) in [6.07, 6.45) is 1.31. The Morgan fingerprint density at radius 3 is 2.18 bits per heavy atom. The zero-order valence-corrected chi connectivity index (χ0v) is 22.2. The lowest BCUT2D eigenvalue weighted by Crippen LogP contribution is -2.53. The average molecular weight is 538 g/mol. The number of hydrogen-bond acceptors (Lipinski definition) is 6. The molecule has 0 unspecified atom stereocenters. The summed E-state index contributed by atoms with van der Waals surface area (Å²) in [5.41, 5.74) is 1.96. The molecule has 1 aliphatic rings. The molecule has 2 amide bonds. The minimum absolute atomic E-state index is 0.0369. The number of hydrogen-bond donors (Lipinski definition) is 1. The molecule has 3 aromatic rings. The molecule has 0 saturated carbocycles. The minimum Gasteiger partial charge on any atom is -0.454 e. The zero-order chi connectivity index (χ0) is 27.1. The molecule has 1 heterocycles. The SMILES string of the molecule is CCNC(=O)[C@H](Cc1ccccc1)N(Cc1ccccc1)C(=O)CN(c1ccc2c(c1)OCO2)S(C)(=O)=O. The van der Waals surface area contributed by atoms with E-state index in [9.17, 15) is 18.0 Å². The lowest BCUT2D eigenvalue weighted by Gasteiger charge is -2.33. The Morgan fingerprint density at radius 1 is 0.921 bits per heavy atom.